The van der Waals surface area contributed by atoms with E-state index in [2.05, 4.69) is 41.6 Å². The Morgan fingerprint density at radius 1 is 1.05 bits per heavy atom. The predicted molar refractivity (Wildman–Crippen MR) is 95.7 cm³/mol. The van der Waals surface area contributed by atoms with Crippen molar-refractivity contribution in [3.05, 3.63) is 57.1 Å². The normalized spacial score (nSPS) is 11.8. The second-order valence-corrected chi connectivity index (χ2v) is 8.36. The minimum absolute atomic E-state index is 0.187. The number of H-pyrrole nitrogens is 1. The SMILES string of the molecule is Cc1cc2cc(NS(=O)(=O)c3cc(Br)ccc3Br)ccc2[nH]1. The highest BCUT2D eigenvalue weighted by atomic mass is 79.9. The van der Waals surface area contributed by atoms with Crippen molar-refractivity contribution in [1.29, 1.82) is 0 Å². The van der Waals surface area contributed by atoms with E-state index in [9.17, 15) is 8.42 Å². The van der Waals surface area contributed by atoms with Crippen LogP contribution in [-0.4, -0.2) is 13.4 Å². The van der Waals surface area contributed by atoms with Gasteiger partial charge in [0.15, 0.2) is 0 Å². The number of aromatic nitrogens is 1. The highest BCUT2D eigenvalue weighted by Gasteiger charge is 2.18. The summed E-state index contributed by atoms with van der Waals surface area (Å²) in [5.41, 5.74) is 2.53. The quantitative estimate of drug-likeness (QED) is 0.610. The van der Waals surface area contributed by atoms with E-state index in [4.69, 9.17) is 0 Å². The standard InChI is InChI=1S/C15H12Br2N2O2S/c1-9-6-10-7-12(3-5-14(10)18-9)19-22(20,21)15-8-11(16)2-4-13(15)17/h2-8,18-19H,1H3. The van der Waals surface area contributed by atoms with Gasteiger partial charge >= 0.3 is 0 Å². The number of rotatable bonds is 3. The molecule has 22 heavy (non-hydrogen) atoms. The van der Waals surface area contributed by atoms with E-state index >= 15 is 0 Å². The number of aryl methyl sites for hydroxylation is 1. The maximum Gasteiger partial charge on any atom is 0.263 e. The zero-order valence-corrected chi connectivity index (χ0v) is 15.5. The molecule has 0 saturated heterocycles. The zero-order valence-electron chi connectivity index (χ0n) is 11.5. The summed E-state index contributed by atoms with van der Waals surface area (Å²) in [7, 11) is -3.67. The first-order chi connectivity index (χ1) is 10.3. The second kappa shape index (κ2) is 5.72. The summed E-state index contributed by atoms with van der Waals surface area (Å²) >= 11 is 6.57. The lowest BCUT2D eigenvalue weighted by atomic mass is 10.2. The molecule has 7 heteroatoms. The molecule has 2 N–H and O–H groups in total. The number of anilines is 1. The highest BCUT2D eigenvalue weighted by molar-refractivity contribution is 9.11. The first-order valence-corrected chi connectivity index (χ1v) is 9.49. The topological polar surface area (TPSA) is 62.0 Å². The largest absolute Gasteiger partial charge is 0.359 e. The monoisotopic (exact) mass is 442 g/mol. The van der Waals surface area contributed by atoms with Gasteiger partial charge in [0.05, 0.1) is 0 Å². The first kappa shape index (κ1) is 15.6. The Bertz CT molecular complexity index is 965. The van der Waals surface area contributed by atoms with Gasteiger partial charge in [0.25, 0.3) is 10.0 Å². The average molecular weight is 444 g/mol. The molecule has 3 aromatic rings. The number of fused-ring (bicyclic) bond motifs is 1. The van der Waals surface area contributed by atoms with Gasteiger partial charge in [-0.15, -0.1) is 0 Å². The van der Waals surface area contributed by atoms with Crippen molar-refractivity contribution >= 4 is 58.5 Å². The van der Waals surface area contributed by atoms with Crippen molar-refractivity contribution in [2.75, 3.05) is 4.72 Å². The van der Waals surface area contributed by atoms with Crippen LogP contribution in [0.3, 0.4) is 0 Å². The number of hydrogen-bond acceptors (Lipinski definition) is 2. The van der Waals surface area contributed by atoms with Crippen molar-refractivity contribution in [2.45, 2.75) is 11.8 Å². The van der Waals surface area contributed by atoms with Crippen LogP contribution in [0.2, 0.25) is 0 Å². The van der Waals surface area contributed by atoms with E-state index in [0.29, 0.717) is 14.6 Å². The second-order valence-electron chi connectivity index (χ2n) is 4.93. The molecule has 0 aliphatic carbocycles. The first-order valence-electron chi connectivity index (χ1n) is 6.42. The van der Waals surface area contributed by atoms with Crippen LogP contribution in [0.5, 0.6) is 0 Å². The molecule has 0 amide bonds. The molecule has 0 unspecified atom stereocenters. The van der Waals surface area contributed by atoms with E-state index in [1.54, 1.807) is 24.3 Å². The summed E-state index contributed by atoms with van der Waals surface area (Å²) in [6, 6.07) is 12.4. The number of hydrogen-bond donors (Lipinski definition) is 2. The van der Waals surface area contributed by atoms with Crippen molar-refractivity contribution in [1.82, 2.24) is 4.98 Å². The molecule has 2 aromatic carbocycles. The van der Waals surface area contributed by atoms with Crippen molar-refractivity contribution < 1.29 is 8.42 Å². The van der Waals surface area contributed by atoms with E-state index in [1.807, 2.05) is 25.1 Å². The minimum atomic E-state index is -3.67. The molecule has 114 valence electrons. The van der Waals surface area contributed by atoms with Gasteiger partial charge in [-0.05, 0) is 65.3 Å². The Kier molecular flexibility index (Phi) is 4.05. The Balaban J connectivity index is 2.00. The molecule has 0 atom stereocenters. The molecular formula is C15H12Br2N2O2S. The van der Waals surface area contributed by atoms with Crippen LogP contribution in [0.1, 0.15) is 5.69 Å². The summed E-state index contributed by atoms with van der Waals surface area (Å²) in [5.74, 6) is 0. The average Bonchev–Trinajstić information content (AvgIpc) is 2.80. The van der Waals surface area contributed by atoms with Crippen LogP contribution in [0, 0.1) is 6.92 Å². The molecule has 1 aromatic heterocycles. The fourth-order valence-corrected chi connectivity index (χ4v) is 4.79. The molecule has 0 spiro atoms. The number of sulfonamides is 1. The molecule has 0 aliphatic rings. The smallest absolute Gasteiger partial charge is 0.263 e. The number of halogens is 2. The zero-order chi connectivity index (χ0) is 15.9. The van der Waals surface area contributed by atoms with Gasteiger partial charge in [-0.25, -0.2) is 8.42 Å². The molecule has 1 heterocycles. The van der Waals surface area contributed by atoms with Crippen LogP contribution in [0.4, 0.5) is 5.69 Å². The summed E-state index contributed by atoms with van der Waals surface area (Å²) < 4.78 is 28.9. The van der Waals surface area contributed by atoms with Crippen molar-refractivity contribution in [3.63, 3.8) is 0 Å². The van der Waals surface area contributed by atoms with E-state index in [1.165, 1.54) is 0 Å². The summed E-state index contributed by atoms with van der Waals surface area (Å²) in [6.45, 7) is 1.96. The fourth-order valence-electron chi connectivity index (χ4n) is 2.23. The number of benzene rings is 2. The Morgan fingerprint density at radius 3 is 2.59 bits per heavy atom. The Morgan fingerprint density at radius 2 is 1.82 bits per heavy atom. The van der Waals surface area contributed by atoms with E-state index in [-0.39, 0.29) is 4.90 Å². The van der Waals surface area contributed by atoms with Crippen LogP contribution < -0.4 is 4.72 Å². The summed E-state index contributed by atoms with van der Waals surface area (Å²) in [5, 5.41) is 0.964. The van der Waals surface area contributed by atoms with E-state index < -0.39 is 10.0 Å². The molecule has 3 rings (SSSR count). The summed E-state index contributed by atoms with van der Waals surface area (Å²) in [4.78, 5) is 3.39. The molecule has 0 aliphatic heterocycles. The minimum Gasteiger partial charge on any atom is -0.359 e. The lowest BCUT2D eigenvalue weighted by Gasteiger charge is -2.10. The van der Waals surface area contributed by atoms with E-state index in [0.717, 1.165) is 16.6 Å². The van der Waals surface area contributed by atoms with Crippen LogP contribution in [-0.2, 0) is 10.0 Å². The number of nitrogens with one attached hydrogen (secondary N) is 2. The third-order valence-corrected chi connectivity index (χ3v) is 6.06. The lowest BCUT2D eigenvalue weighted by Crippen LogP contribution is -2.13. The molecule has 4 nitrogen and oxygen atoms in total. The van der Waals surface area contributed by atoms with Gasteiger partial charge in [-0.3, -0.25) is 4.72 Å². The van der Waals surface area contributed by atoms with Gasteiger partial charge in [-0.1, -0.05) is 15.9 Å². The van der Waals surface area contributed by atoms with Gasteiger partial charge in [0.2, 0.25) is 0 Å². The fraction of sp³-hybridized carbons (Fsp3) is 0.0667. The third-order valence-electron chi connectivity index (χ3n) is 3.19. The maximum absolute atomic E-state index is 12.5. The third kappa shape index (κ3) is 3.06. The number of aromatic amines is 1. The summed E-state index contributed by atoms with van der Waals surface area (Å²) in [6.07, 6.45) is 0. The van der Waals surface area contributed by atoms with Crippen molar-refractivity contribution in [3.8, 4) is 0 Å². The Hall–Kier alpha value is -1.31. The molecule has 0 saturated carbocycles. The van der Waals surface area contributed by atoms with Gasteiger partial charge in [-0.2, -0.15) is 0 Å². The van der Waals surface area contributed by atoms with Gasteiger partial charge in [0.1, 0.15) is 4.90 Å². The molecule has 0 fully saturated rings. The molecule has 0 bridgehead atoms. The lowest BCUT2D eigenvalue weighted by molar-refractivity contribution is 0.600. The van der Waals surface area contributed by atoms with Crippen LogP contribution in [0.25, 0.3) is 10.9 Å². The van der Waals surface area contributed by atoms with Crippen LogP contribution in [0.15, 0.2) is 56.3 Å². The Labute approximate surface area is 145 Å². The van der Waals surface area contributed by atoms with Crippen LogP contribution >= 0.6 is 31.9 Å². The van der Waals surface area contributed by atoms with Crippen molar-refractivity contribution in [2.24, 2.45) is 0 Å². The molecular weight excluding hydrogens is 432 g/mol. The highest BCUT2D eigenvalue weighted by Crippen LogP contribution is 2.28. The maximum atomic E-state index is 12.5. The van der Waals surface area contributed by atoms with Gasteiger partial charge in [0, 0.05) is 31.2 Å². The van der Waals surface area contributed by atoms with Gasteiger partial charge < -0.3 is 4.98 Å². The molecule has 0 radical (unpaired) electrons. The predicted octanol–water partition coefficient (Wildman–Crippen LogP) is 4.80.